The van der Waals surface area contributed by atoms with Gasteiger partial charge in [0.2, 0.25) is 0 Å². The predicted molar refractivity (Wildman–Crippen MR) is 64.1 cm³/mol. The number of pyridine rings is 1. The summed E-state index contributed by atoms with van der Waals surface area (Å²) in [4.78, 5) is 4.22. The number of aryl methyl sites for hydroxylation is 1. The summed E-state index contributed by atoms with van der Waals surface area (Å²) in [6.07, 6.45) is 1.21. The van der Waals surface area contributed by atoms with Gasteiger partial charge in [0.05, 0.1) is 22.4 Å². The largest absolute Gasteiger partial charge is 0.247 e. The van der Waals surface area contributed by atoms with Crippen molar-refractivity contribution in [2.45, 2.75) is 11.9 Å². The fourth-order valence-electron chi connectivity index (χ4n) is 1.07. The third-order valence-corrected chi connectivity index (χ3v) is 3.88. The first-order chi connectivity index (χ1) is 7.40. The summed E-state index contributed by atoms with van der Waals surface area (Å²) in [5.41, 5.74) is 1.32. The van der Waals surface area contributed by atoms with E-state index in [0.717, 1.165) is 5.69 Å². The van der Waals surface area contributed by atoms with Crippen molar-refractivity contribution >= 4 is 21.6 Å². The summed E-state index contributed by atoms with van der Waals surface area (Å²) in [7, 11) is -2.93. The van der Waals surface area contributed by atoms with Crippen LogP contribution in [0.3, 0.4) is 0 Å². The molecule has 0 saturated carbocycles. The Balaban J connectivity index is 2.68. The van der Waals surface area contributed by atoms with Gasteiger partial charge in [-0.05, 0) is 19.1 Å². The quantitative estimate of drug-likeness (QED) is 0.761. The van der Waals surface area contributed by atoms with Gasteiger partial charge in [0.15, 0.2) is 0 Å². The highest BCUT2D eigenvalue weighted by Crippen LogP contribution is 2.17. The normalized spacial score (nSPS) is 11.1. The van der Waals surface area contributed by atoms with Crippen molar-refractivity contribution in [3.63, 3.8) is 0 Å². The molecule has 1 aromatic rings. The molecule has 0 unspecified atom stereocenters. The van der Waals surface area contributed by atoms with Crippen molar-refractivity contribution in [3.05, 3.63) is 23.4 Å². The van der Waals surface area contributed by atoms with Crippen molar-refractivity contribution < 1.29 is 8.42 Å². The molecule has 0 atom stereocenters. The standard InChI is InChI=1S/C10H12N2O2S2/c1-8-5-9(7-11)6-10(12-8)15-3-4-16(2,13)14/h5-6H,3-4H2,1-2H3. The van der Waals surface area contributed by atoms with Crippen molar-refractivity contribution in [2.24, 2.45) is 0 Å². The summed E-state index contributed by atoms with van der Waals surface area (Å²) in [5, 5.41) is 9.45. The lowest BCUT2D eigenvalue weighted by Gasteiger charge is -2.02. The molecular formula is C10H12N2O2S2. The van der Waals surface area contributed by atoms with E-state index in [1.54, 1.807) is 12.1 Å². The Kier molecular flexibility index (Phi) is 4.33. The molecule has 0 aromatic carbocycles. The summed E-state index contributed by atoms with van der Waals surface area (Å²) in [6, 6.07) is 5.40. The third kappa shape index (κ3) is 4.64. The molecule has 0 aliphatic heterocycles. The van der Waals surface area contributed by atoms with Crippen LogP contribution in [-0.2, 0) is 9.84 Å². The molecule has 6 heteroatoms. The number of sulfone groups is 1. The number of hydrogen-bond acceptors (Lipinski definition) is 5. The topological polar surface area (TPSA) is 70.8 Å². The van der Waals surface area contributed by atoms with E-state index in [1.165, 1.54) is 18.0 Å². The van der Waals surface area contributed by atoms with E-state index in [9.17, 15) is 8.42 Å². The Labute approximate surface area is 99.6 Å². The van der Waals surface area contributed by atoms with Crippen LogP contribution < -0.4 is 0 Å². The summed E-state index contributed by atoms with van der Waals surface area (Å²) in [5.74, 6) is 0.579. The maximum absolute atomic E-state index is 10.9. The average molecular weight is 256 g/mol. The van der Waals surface area contributed by atoms with Crippen molar-refractivity contribution in [1.82, 2.24) is 4.98 Å². The van der Waals surface area contributed by atoms with Crippen LogP contribution in [0.1, 0.15) is 11.3 Å². The van der Waals surface area contributed by atoms with Crippen LogP contribution in [0.5, 0.6) is 0 Å². The van der Waals surface area contributed by atoms with Gasteiger partial charge in [0, 0.05) is 17.7 Å². The SMILES string of the molecule is Cc1cc(C#N)cc(SCCS(C)(=O)=O)n1. The maximum Gasteiger partial charge on any atom is 0.148 e. The van der Waals surface area contributed by atoms with E-state index in [0.29, 0.717) is 16.3 Å². The van der Waals surface area contributed by atoms with Gasteiger partial charge in [-0.25, -0.2) is 13.4 Å². The molecule has 1 aromatic heterocycles. The molecule has 0 aliphatic carbocycles. The molecule has 0 aliphatic rings. The number of aromatic nitrogens is 1. The molecule has 86 valence electrons. The van der Waals surface area contributed by atoms with Crippen molar-refractivity contribution in [1.29, 1.82) is 5.26 Å². The molecule has 0 radical (unpaired) electrons. The van der Waals surface area contributed by atoms with E-state index in [-0.39, 0.29) is 5.75 Å². The second kappa shape index (κ2) is 5.32. The number of thioether (sulfide) groups is 1. The molecule has 0 N–H and O–H groups in total. The van der Waals surface area contributed by atoms with Crippen molar-refractivity contribution in [2.75, 3.05) is 17.8 Å². The van der Waals surface area contributed by atoms with E-state index >= 15 is 0 Å². The minimum absolute atomic E-state index is 0.120. The monoisotopic (exact) mass is 256 g/mol. The van der Waals surface area contributed by atoms with Gasteiger partial charge in [-0.15, -0.1) is 11.8 Å². The van der Waals surface area contributed by atoms with Crippen LogP contribution >= 0.6 is 11.8 Å². The number of rotatable bonds is 4. The minimum Gasteiger partial charge on any atom is -0.247 e. The third-order valence-electron chi connectivity index (χ3n) is 1.76. The first-order valence-corrected chi connectivity index (χ1v) is 7.64. The lowest BCUT2D eigenvalue weighted by atomic mass is 10.2. The van der Waals surface area contributed by atoms with Gasteiger partial charge in [-0.3, -0.25) is 0 Å². The minimum atomic E-state index is -2.93. The fourth-order valence-corrected chi connectivity index (χ4v) is 3.25. The van der Waals surface area contributed by atoms with Crippen LogP contribution in [0.15, 0.2) is 17.2 Å². The molecule has 1 heterocycles. The molecule has 1 rings (SSSR count). The number of nitriles is 1. The Morgan fingerprint density at radius 3 is 2.75 bits per heavy atom. The van der Waals surface area contributed by atoms with Gasteiger partial charge in [0.1, 0.15) is 9.84 Å². The molecule has 0 fully saturated rings. The van der Waals surface area contributed by atoms with Crippen LogP contribution in [0.25, 0.3) is 0 Å². The lowest BCUT2D eigenvalue weighted by Crippen LogP contribution is -2.05. The van der Waals surface area contributed by atoms with Gasteiger partial charge < -0.3 is 0 Å². The van der Waals surface area contributed by atoms with Crippen LogP contribution in [0, 0.1) is 18.3 Å². The highest BCUT2D eigenvalue weighted by Gasteiger charge is 2.04. The Morgan fingerprint density at radius 2 is 2.19 bits per heavy atom. The zero-order chi connectivity index (χ0) is 12.2. The van der Waals surface area contributed by atoms with Gasteiger partial charge in [-0.2, -0.15) is 5.26 Å². The molecular weight excluding hydrogens is 244 g/mol. The summed E-state index contributed by atoms with van der Waals surface area (Å²) < 4.78 is 21.9. The van der Waals surface area contributed by atoms with Crippen molar-refractivity contribution in [3.8, 4) is 6.07 Å². The molecule has 16 heavy (non-hydrogen) atoms. The second-order valence-electron chi connectivity index (χ2n) is 3.43. The average Bonchev–Trinajstić information content (AvgIpc) is 2.14. The highest BCUT2D eigenvalue weighted by molar-refractivity contribution is 8.00. The van der Waals surface area contributed by atoms with Crippen LogP contribution in [-0.4, -0.2) is 31.2 Å². The highest BCUT2D eigenvalue weighted by atomic mass is 32.2. The predicted octanol–water partition coefficient (Wildman–Crippen LogP) is 1.40. The lowest BCUT2D eigenvalue weighted by molar-refractivity contribution is 0.603. The van der Waals surface area contributed by atoms with Gasteiger partial charge in [-0.1, -0.05) is 0 Å². The van der Waals surface area contributed by atoms with E-state index in [1.807, 2.05) is 13.0 Å². The van der Waals surface area contributed by atoms with E-state index in [4.69, 9.17) is 5.26 Å². The smallest absolute Gasteiger partial charge is 0.148 e. The first kappa shape index (κ1) is 13.0. The number of hydrogen-bond donors (Lipinski definition) is 0. The summed E-state index contributed by atoms with van der Waals surface area (Å²) >= 11 is 1.35. The van der Waals surface area contributed by atoms with Gasteiger partial charge in [0.25, 0.3) is 0 Å². The van der Waals surface area contributed by atoms with Gasteiger partial charge >= 0.3 is 0 Å². The van der Waals surface area contributed by atoms with Crippen LogP contribution in [0.4, 0.5) is 0 Å². The molecule has 4 nitrogen and oxygen atoms in total. The zero-order valence-electron chi connectivity index (χ0n) is 9.10. The van der Waals surface area contributed by atoms with Crippen LogP contribution in [0.2, 0.25) is 0 Å². The number of nitrogens with zero attached hydrogens (tertiary/aromatic N) is 2. The molecule has 0 saturated heterocycles. The molecule has 0 spiro atoms. The maximum atomic E-state index is 10.9. The van der Waals surface area contributed by atoms with E-state index in [2.05, 4.69) is 4.98 Å². The first-order valence-electron chi connectivity index (χ1n) is 4.60. The Hall–Kier alpha value is -1.06. The van der Waals surface area contributed by atoms with E-state index < -0.39 is 9.84 Å². The Morgan fingerprint density at radius 1 is 1.50 bits per heavy atom. The Bertz CT molecular complexity index is 518. The molecule has 0 amide bonds. The zero-order valence-corrected chi connectivity index (χ0v) is 10.7. The fraction of sp³-hybridized carbons (Fsp3) is 0.400. The summed E-state index contributed by atoms with van der Waals surface area (Å²) in [6.45, 7) is 1.81. The second-order valence-corrected chi connectivity index (χ2v) is 6.80. The molecule has 0 bridgehead atoms.